The van der Waals surface area contributed by atoms with E-state index in [2.05, 4.69) is 5.32 Å². The summed E-state index contributed by atoms with van der Waals surface area (Å²) in [5, 5.41) is 13.7. The van der Waals surface area contributed by atoms with E-state index >= 15 is 0 Å². The van der Waals surface area contributed by atoms with Gasteiger partial charge in [-0.05, 0) is 36.2 Å². The number of hydrogen-bond acceptors (Lipinski definition) is 3. The summed E-state index contributed by atoms with van der Waals surface area (Å²) in [4.78, 5) is 22.4. The molecule has 2 aromatic carbocycles. The molecule has 7 heteroatoms. The van der Waals surface area contributed by atoms with Crippen LogP contribution in [0.4, 0.5) is 10.1 Å². The standard InChI is InChI=1S/C15H12ClFN2O3/c1-9-2-3-10(6-13(9)17)8-18-15(20)12-7-11(16)4-5-14(12)19(21)22/h2-7H,8H2,1H3,(H,18,20). The van der Waals surface area contributed by atoms with E-state index in [1.165, 1.54) is 24.3 Å². The number of halogens is 2. The summed E-state index contributed by atoms with van der Waals surface area (Å²) < 4.78 is 13.4. The molecule has 0 aliphatic heterocycles. The van der Waals surface area contributed by atoms with Crippen molar-refractivity contribution in [1.82, 2.24) is 5.32 Å². The molecule has 0 heterocycles. The van der Waals surface area contributed by atoms with Crippen LogP contribution >= 0.6 is 11.6 Å². The van der Waals surface area contributed by atoms with Crippen LogP contribution < -0.4 is 5.32 Å². The average Bonchev–Trinajstić information content (AvgIpc) is 2.47. The van der Waals surface area contributed by atoms with Gasteiger partial charge in [0.15, 0.2) is 0 Å². The Bertz CT molecular complexity index is 750. The molecule has 5 nitrogen and oxygen atoms in total. The first-order chi connectivity index (χ1) is 10.4. The Morgan fingerprint density at radius 1 is 1.32 bits per heavy atom. The number of rotatable bonds is 4. The van der Waals surface area contributed by atoms with Crippen molar-refractivity contribution in [3.8, 4) is 0 Å². The number of carbonyl (C=O) groups is 1. The van der Waals surface area contributed by atoms with Crippen molar-refractivity contribution < 1.29 is 14.1 Å². The predicted octanol–water partition coefficient (Wildman–Crippen LogP) is 3.63. The van der Waals surface area contributed by atoms with E-state index in [-0.39, 0.29) is 28.6 Å². The van der Waals surface area contributed by atoms with Gasteiger partial charge < -0.3 is 5.32 Å². The molecule has 0 aliphatic carbocycles. The minimum atomic E-state index is -0.656. The van der Waals surface area contributed by atoms with Crippen molar-refractivity contribution in [1.29, 1.82) is 0 Å². The van der Waals surface area contributed by atoms with Gasteiger partial charge in [0, 0.05) is 17.6 Å². The number of amides is 1. The zero-order valence-corrected chi connectivity index (χ0v) is 12.4. The van der Waals surface area contributed by atoms with Gasteiger partial charge in [-0.15, -0.1) is 0 Å². The summed E-state index contributed by atoms with van der Waals surface area (Å²) >= 11 is 5.77. The van der Waals surface area contributed by atoms with E-state index < -0.39 is 10.8 Å². The maximum atomic E-state index is 13.4. The predicted molar refractivity (Wildman–Crippen MR) is 80.4 cm³/mol. The summed E-state index contributed by atoms with van der Waals surface area (Å²) in [5.74, 6) is -1.02. The molecule has 2 aromatic rings. The number of nitro benzene ring substituents is 1. The van der Waals surface area contributed by atoms with Crippen molar-refractivity contribution in [3.63, 3.8) is 0 Å². The Morgan fingerprint density at radius 3 is 2.68 bits per heavy atom. The SMILES string of the molecule is Cc1ccc(CNC(=O)c2cc(Cl)ccc2[N+](=O)[O-])cc1F. The van der Waals surface area contributed by atoms with Crippen LogP contribution in [0.25, 0.3) is 0 Å². The largest absolute Gasteiger partial charge is 0.348 e. The van der Waals surface area contributed by atoms with Gasteiger partial charge in [0.2, 0.25) is 0 Å². The first-order valence-electron chi connectivity index (χ1n) is 6.35. The second kappa shape index (κ2) is 6.53. The normalized spacial score (nSPS) is 10.3. The third-order valence-corrected chi connectivity index (χ3v) is 3.32. The first kappa shape index (κ1) is 15.9. The Kier molecular flexibility index (Phi) is 4.72. The quantitative estimate of drug-likeness (QED) is 0.690. The molecule has 2 rings (SSSR count). The lowest BCUT2D eigenvalue weighted by atomic mass is 10.1. The number of nitro groups is 1. The van der Waals surface area contributed by atoms with Crippen molar-refractivity contribution in [2.24, 2.45) is 0 Å². The molecule has 0 saturated heterocycles. The Balaban J connectivity index is 2.17. The Labute approximate surface area is 130 Å². The van der Waals surface area contributed by atoms with E-state index in [4.69, 9.17) is 11.6 Å². The van der Waals surface area contributed by atoms with Crippen LogP contribution in [-0.2, 0) is 6.54 Å². The van der Waals surface area contributed by atoms with Crippen LogP contribution in [0, 0.1) is 22.9 Å². The highest BCUT2D eigenvalue weighted by Gasteiger charge is 2.20. The van der Waals surface area contributed by atoms with Crippen molar-refractivity contribution in [2.75, 3.05) is 0 Å². The number of nitrogens with one attached hydrogen (secondary N) is 1. The van der Waals surface area contributed by atoms with Crippen molar-refractivity contribution in [3.05, 3.63) is 74.0 Å². The van der Waals surface area contributed by atoms with Gasteiger partial charge in [0.25, 0.3) is 11.6 Å². The molecule has 0 unspecified atom stereocenters. The van der Waals surface area contributed by atoms with E-state index in [0.717, 1.165) is 0 Å². The van der Waals surface area contributed by atoms with Crippen molar-refractivity contribution in [2.45, 2.75) is 13.5 Å². The molecule has 0 saturated carbocycles. The number of aryl methyl sites for hydroxylation is 1. The van der Waals surface area contributed by atoms with E-state index in [1.54, 1.807) is 19.1 Å². The Hall–Kier alpha value is -2.47. The van der Waals surface area contributed by atoms with E-state index in [9.17, 15) is 19.3 Å². The molecule has 0 bridgehead atoms. The number of benzene rings is 2. The summed E-state index contributed by atoms with van der Waals surface area (Å²) in [6, 6.07) is 8.31. The molecular weight excluding hydrogens is 311 g/mol. The van der Waals surface area contributed by atoms with Gasteiger partial charge in [0.05, 0.1) is 4.92 Å². The third kappa shape index (κ3) is 3.59. The maximum absolute atomic E-state index is 13.4. The summed E-state index contributed by atoms with van der Waals surface area (Å²) in [5.41, 5.74) is 0.587. The lowest BCUT2D eigenvalue weighted by molar-refractivity contribution is -0.385. The van der Waals surface area contributed by atoms with Crippen LogP contribution in [0.15, 0.2) is 36.4 Å². The van der Waals surface area contributed by atoms with Gasteiger partial charge in [0.1, 0.15) is 11.4 Å². The number of carbonyl (C=O) groups excluding carboxylic acids is 1. The molecular formula is C15H12ClFN2O3. The maximum Gasteiger partial charge on any atom is 0.282 e. The minimum absolute atomic E-state index is 0.0553. The molecule has 0 aromatic heterocycles. The third-order valence-electron chi connectivity index (χ3n) is 3.09. The monoisotopic (exact) mass is 322 g/mol. The van der Waals surface area contributed by atoms with Gasteiger partial charge >= 0.3 is 0 Å². The smallest absolute Gasteiger partial charge is 0.282 e. The van der Waals surface area contributed by atoms with Crippen LogP contribution in [0.5, 0.6) is 0 Å². The molecule has 0 spiro atoms. The van der Waals surface area contributed by atoms with Crippen LogP contribution in [0.3, 0.4) is 0 Å². The fourth-order valence-electron chi connectivity index (χ4n) is 1.87. The van der Waals surface area contributed by atoms with E-state index in [1.807, 2.05) is 0 Å². The van der Waals surface area contributed by atoms with Gasteiger partial charge in [-0.25, -0.2) is 4.39 Å². The van der Waals surface area contributed by atoms with Gasteiger partial charge in [-0.2, -0.15) is 0 Å². The molecule has 0 aliphatic rings. The summed E-state index contributed by atoms with van der Waals surface area (Å²) in [6.45, 7) is 1.69. The van der Waals surface area contributed by atoms with Crippen LogP contribution in [-0.4, -0.2) is 10.8 Å². The molecule has 114 valence electrons. The molecule has 0 atom stereocenters. The zero-order valence-electron chi connectivity index (χ0n) is 11.6. The first-order valence-corrected chi connectivity index (χ1v) is 6.73. The molecule has 22 heavy (non-hydrogen) atoms. The van der Waals surface area contributed by atoms with Gasteiger partial charge in [-0.3, -0.25) is 14.9 Å². The highest BCUT2D eigenvalue weighted by Crippen LogP contribution is 2.22. The minimum Gasteiger partial charge on any atom is -0.348 e. The van der Waals surface area contributed by atoms with Crippen LogP contribution in [0.1, 0.15) is 21.5 Å². The molecule has 1 amide bonds. The molecule has 1 N–H and O–H groups in total. The fraction of sp³-hybridized carbons (Fsp3) is 0.133. The van der Waals surface area contributed by atoms with Gasteiger partial charge in [-0.1, -0.05) is 23.7 Å². The second-order valence-corrected chi connectivity index (χ2v) is 5.12. The second-order valence-electron chi connectivity index (χ2n) is 4.68. The lowest BCUT2D eigenvalue weighted by Gasteiger charge is -2.07. The number of hydrogen-bond donors (Lipinski definition) is 1. The van der Waals surface area contributed by atoms with Crippen molar-refractivity contribution >= 4 is 23.2 Å². The lowest BCUT2D eigenvalue weighted by Crippen LogP contribution is -2.23. The summed E-state index contributed by atoms with van der Waals surface area (Å²) in [7, 11) is 0. The summed E-state index contributed by atoms with van der Waals surface area (Å²) in [6.07, 6.45) is 0. The average molecular weight is 323 g/mol. The zero-order chi connectivity index (χ0) is 16.3. The highest BCUT2D eigenvalue weighted by molar-refractivity contribution is 6.31. The van der Waals surface area contributed by atoms with Crippen LogP contribution in [0.2, 0.25) is 5.02 Å². The Morgan fingerprint density at radius 2 is 2.05 bits per heavy atom. The molecule has 0 radical (unpaired) electrons. The fourth-order valence-corrected chi connectivity index (χ4v) is 2.05. The van der Waals surface area contributed by atoms with E-state index in [0.29, 0.717) is 11.1 Å². The highest BCUT2D eigenvalue weighted by atomic mass is 35.5. The topological polar surface area (TPSA) is 72.2 Å². The number of nitrogens with zero attached hydrogens (tertiary/aromatic N) is 1. The molecule has 0 fully saturated rings.